The van der Waals surface area contributed by atoms with E-state index in [0.29, 0.717) is 5.94 Å². The van der Waals surface area contributed by atoms with Crippen molar-refractivity contribution < 1.29 is 0 Å². The van der Waals surface area contributed by atoms with E-state index >= 15 is 0 Å². The molecule has 0 aromatic heterocycles. The minimum absolute atomic E-state index is 0.352. The topological polar surface area (TPSA) is 12.4 Å². The van der Waals surface area contributed by atoms with Crippen molar-refractivity contribution in [3.8, 4) is 0 Å². The molecule has 0 fully saturated rings. The molecule has 8 heavy (non-hydrogen) atoms. The Morgan fingerprint density at radius 3 is 3.00 bits per heavy atom. The molecule has 1 heterocycles. The first-order valence-corrected chi connectivity index (χ1v) is 2.76. The molecule has 0 saturated carbocycles. The molecule has 1 rings (SSSR count). The molecule has 0 N–H and O–H groups in total. The van der Waals surface area contributed by atoms with Crippen LogP contribution in [0.2, 0.25) is 0 Å². The molecule has 0 radical (unpaired) electrons. The van der Waals surface area contributed by atoms with E-state index in [0.717, 1.165) is 0 Å². The summed E-state index contributed by atoms with van der Waals surface area (Å²) in [6.07, 6.45) is 9.80. The molecule has 0 saturated heterocycles. The highest BCUT2D eigenvalue weighted by Gasteiger charge is 1.88. The van der Waals surface area contributed by atoms with Gasteiger partial charge in [0, 0.05) is 12.2 Å². The fourth-order valence-corrected chi connectivity index (χ4v) is 0.574. The summed E-state index contributed by atoms with van der Waals surface area (Å²) in [5.41, 5.74) is 0. The molecular weight excluding hydrogens is 96.9 g/mol. The first-order chi connectivity index (χ1) is 3.89. The van der Waals surface area contributed by atoms with Crippen LogP contribution in [0.25, 0.3) is 0 Å². The van der Waals surface area contributed by atoms with Gasteiger partial charge in [-0.05, 0) is 6.08 Å². The van der Waals surface area contributed by atoms with Gasteiger partial charge in [0.2, 0.25) is 0 Å². The third-order valence-corrected chi connectivity index (χ3v) is 1.02. The van der Waals surface area contributed by atoms with Crippen LogP contribution in [0.15, 0.2) is 29.3 Å². The Kier molecular flexibility index (Phi) is 1.68. The monoisotopic (exact) mass is 105 g/mol. The van der Waals surface area contributed by atoms with Gasteiger partial charge >= 0.3 is 0 Å². The van der Waals surface area contributed by atoms with Gasteiger partial charge in [-0.2, -0.15) is 0 Å². The number of rotatable bonds is 0. The molecule has 0 spiro atoms. The van der Waals surface area contributed by atoms with Crippen molar-refractivity contribution in [3.63, 3.8) is 0 Å². The number of aliphatic imine (C=N–C) groups is 1. The highest BCUT2D eigenvalue weighted by molar-refractivity contribution is 6.13. The molecule has 1 atom stereocenters. The Balaban J connectivity index is 2.66. The van der Waals surface area contributed by atoms with Crippen molar-refractivity contribution in [3.05, 3.63) is 24.3 Å². The first-order valence-electron chi connectivity index (χ1n) is 2.76. The lowest BCUT2D eigenvalue weighted by Gasteiger charge is -1.90. The minimum Gasteiger partial charge on any atom is -0.295 e. The quantitative estimate of drug-likeness (QED) is 0.388. The van der Waals surface area contributed by atoms with Crippen LogP contribution < -0.4 is 0 Å². The zero-order chi connectivity index (χ0) is 5.82. The predicted molar refractivity (Wildman–Crippen MR) is 39.1 cm³/mol. The Labute approximate surface area is 50.2 Å². The first kappa shape index (κ1) is 5.35. The zero-order valence-corrected chi connectivity index (χ0v) is 4.91. The van der Waals surface area contributed by atoms with E-state index in [1.54, 1.807) is 0 Å². The smallest absolute Gasteiger partial charge is 0.138 e. The van der Waals surface area contributed by atoms with Gasteiger partial charge in [-0.25, -0.2) is 0 Å². The van der Waals surface area contributed by atoms with Gasteiger partial charge in [-0.1, -0.05) is 18.2 Å². The minimum atomic E-state index is 0.352. The van der Waals surface area contributed by atoms with Crippen LogP contribution in [0.4, 0.5) is 0 Å². The lowest BCUT2D eigenvalue weighted by Crippen LogP contribution is -1.96. The van der Waals surface area contributed by atoms with Gasteiger partial charge in [0.15, 0.2) is 0 Å². The summed E-state index contributed by atoms with van der Waals surface area (Å²) in [7, 11) is 2.06. The Morgan fingerprint density at radius 2 is 2.12 bits per heavy atom. The van der Waals surface area contributed by atoms with E-state index in [-0.39, 0.29) is 0 Å². The molecule has 1 unspecified atom stereocenters. The van der Waals surface area contributed by atoms with E-state index in [4.69, 9.17) is 0 Å². The van der Waals surface area contributed by atoms with Crippen LogP contribution in [-0.4, -0.2) is 20.0 Å². The number of allylic oxidation sites excluding steroid dienone is 3. The molecule has 0 amide bonds. The molecule has 1 aliphatic rings. The molecule has 40 valence electrons. The normalized spacial score (nSPS) is 25.8. The summed E-state index contributed by atoms with van der Waals surface area (Å²) in [5, 5.41) is 0. The SMILES string of the molecule is BC1C=CC=CC=N1. The lowest BCUT2D eigenvalue weighted by molar-refractivity contribution is 1.16. The molecule has 0 aromatic carbocycles. The van der Waals surface area contributed by atoms with Crippen LogP contribution in [-0.2, 0) is 0 Å². The van der Waals surface area contributed by atoms with E-state index in [2.05, 4.69) is 18.9 Å². The highest BCUT2D eigenvalue weighted by atomic mass is 14.7. The third kappa shape index (κ3) is 1.37. The summed E-state index contributed by atoms with van der Waals surface area (Å²) in [6, 6.07) is 0. The number of nitrogens with zero attached hydrogens (tertiary/aromatic N) is 1. The average Bonchev–Trinajstić information content (AvgIpc) is 1.94. The van der Waals surface area contributed by atoms with Gasteiger partial charge in [0.1, 0.15) is 7.85 Å². The van der Waals surface area contributed by atoms with Gasteiger partial charge in [-0.3, -0.25) is 4.99 Å². The van der Waals surface area contributed by atoms with Crippen LogP contribution in [0.3, 0.4) is 0 Å². The Hall–Kier alpha value is -0.785. The van der Waals surface area contributed by atoms with E-state index < -0.39 is 0 Å². The molecule has 0 bridgehead atoms. The van der Waals surface area contributed by atoms with E-state index in [1.807, 2.05) is 24.4 Å². The van der Waals surface area contributed by atoms with Crippen molar-refractivity contribution in [2.45, 2.75) is 5.94 Å². The summed E-state index contributed by atoms with van der Waals surface area (Å²) in [5.74, 6) is 0.352. The van der Waals surface area contributed by atoms with Crippen molar-refractivity contribution in [1.29, 1.82) is 0 Å². The zero-order valence-electron chi connectivity index (χ0n) is 4.91. The van der Waals surface area contributed by atoms with Crippen LogP contribution in [0.5, 0.6) is 0 Å². The number of hydrogen-bond acceptors (Lipinski definition) is 1. The maximum Gasteiger partial charge on any atom is 0.138 e. The summed E-state index contributed by atoms with van der Waals surface area (Å²) in [6.45, 7) is 0. The molecule has 1 nitrogen and oxygen atoms in total. The highest BCUT2D eigenvalue weighted by Crippen LogP contribution is 1.90. The molecule has 2 heteroatoms. The molecule has 0 aliphatic carbocycles. The second-order valence-corrected chi connectivity index (χ2v) is 1.81. The second kappa shape index (κ2) is 2.50. The summed E-state index contributed by atoms with van der Waals surface area (Å²) in [4.78, 5) is 4.12. The van der Waals surface area contributed by atoms with Crippen molar-refractivity contribution in [2.24, 2.45) is 4.99 Å². The Bertz CT molecular complexity index is 131. The summed E-state index contributed by atoms with van der Waals surface area (Å²) >= 11 is 0. The van der Waals surface area contributed by atoms with Gasteiger partial charge in [-0.15, -0.1) is 0 Å². The predicted octanol–water partition coefficient (Wildman–Crippen LogP) is 0.142. The van der Waals surface area contributed by atoms with E-state index in [1.165, 1.54) is 0 Å². The number of hydrogen-bond donors (Lipinski definition) is 0. The lowest BCUT2D eigenvalue weighted by atomic mass is 9.97. The second-order valence-electron chi connectivity index (χ2n) is 1.81. The fraction of sp³-hybridized carbons (Fsp3) is 0.167. The van der Waals surface area contributed by atoms with Gasteiger partial charge in [0.05, 0.1) is 0 Å². The molecular formula is C6H8BN. The maximum atomic E-state index is 4.12. The maximum absolute atomic E-state index is 4.12. The average molecular weight is 105 g/mol. The third-order valence-electron chi connectivity index (χ3n) is 1.02. The van der Waals surface area contributed by atoms with Crippen molar-refractivity contribution >= 4 is 14.1 Å². The largest absolute Gasteiger partial charge is 0.295 e. The standard InChI is InChI=1S/C6H8BN/c7-6-4-2-1-3-5-8-6/h1-6H,7H2. The van der Waals surface area contributed by atoms with Crippen LogP contribution >= 0.6 is 0 Å². The van der Waals surface area contributed by atoms with Gasteiger partial charge < -0.3 is 0 Å². The van der Waals surface area contributed by atoms with Crippen LogP contribution in [0, 0.1) is 0 Å². The molecule has 0 aromatic rings. The molecule has 1 aliphatic heterocycles. The van der Waals surface area contributed by atoms with Crippen LogP contribution in [0.1, 0.15) is 0 Å². The van der Waals surface area contributed by atoms with Crippen molar-refractivity contribution in [1.82, 2.24) is 0 Å². The fourth-order valence-electron chi connectivity index (χ4n) is 0.574. The van der Waals surface area contributed by atoms with E-state index in [9.17, 15) is 0 Å². The summed E-state index contributed by atoms with van der Waals surface area (Å²) < 4.78 is 0. The van der Waals surface area contributed by atoms with Crippen molar-refractivity contribution in [2.75, 3.05) is 0 Å². The van der Waals surface area contributed by atoms with Gasteiger partial charge in [0.25, 0.3) is 0 Å². The Morgan fingerprint density at radius 1 is 1.25 bits per heavy atom.